The van der Waals surface area contributed by atoms with Gasteiger partial charge in [-0.3, -0.25) is 9.69 Å². The van der Waals surface area contributed by atoms with Gasteiger partial charge < -0.3 is 23.8 Å². The quantitative estimate of drug-likeness (QED) is 0.179. The molecule has 256 valence electrons. The SMILES string of the molecule is C=C1[C@@H](c2cc(C(F)(F)F)cc(C(F)(F)F)c2)OC(=O)N1Cc1nc(N2CC(OC)C2)ncc1-c1cc(CCC(=O)OC)ccc1OC. The van der Waals surface area contributed by atoms with Crippen LogP contribution in [0.3, 0.4) is 0 Å². The van der Waals surface area contributed by atoms with Crippen molar-refractivity contribution < 1.29 is 54.9 Å². The predicted octanol–water partition coefficient (Wildman–Crippen LogP) is 6.34. The molecular weight excluding hydrogens is 650 g/mol. The Morgan fingerprint density at radius 1 is 1.00 bits per heavy atom. The topological polar surface area (TPSA) is 103 Å². The largest absolute Gasteiger partial charge is 0.496 e. The minimum Gasteiger partial charge on any atom is -0.496 e. The van der Waals surface area contributed by atoms with E-state index in [4.69, 9.17) is 23.9 Å². The number of amides is 1. The summed E-state index contributed by atoms with van der Waals surface area (Å²) in [6.07, 6.45) is -11.0. The maximum Gasteiger partial charge on any atom is 0.416 e. The zero-order valence-electron chi connectivity index (χ0n) is 25.9. The van der Waals surface area contributed by atoms with Crippen LogP contribution in [0.5, 0.6) is 5.75 Å². The van der Waals surface area contributed by atoms with Crippen LogP contribution in [-0.2, 0) is 44.3 Å². The summed E-state index contributed by atoms with van der Waals surface area (Å²) in [4.78, 5) is 37.0. The first-order valence-electron chi connectivity index (χ1n) is 14.5. The van der Waals surface area contributed by atoms with Crippen LogP contribution in [-0.4, -0.2) is 67.5 Å². The lowest BCUT2D eigenvalue weighted by Gasteiger charge is -2.38. The van der Waals surface area contributed by atoms with Crippen molar-refractivity contribution in [1.29, 1.82) is 0 Å². The number of hydrogen-bond acceptors (Lipinski definition) is 9. The summed E-state index contributed by atoms with van der Waals surface area (Å²) < 4.78 is 102. The van der Waals surface area contributed by atoms with E-state index in [0.717, 1.165) is 10.5 Å². The first-order valence-corrected chi connectivity index (χ1v) is 14.5. The third-order valence-corrected chi connectivity index (χ3v) is 8.03. The average molecular weight is 681 g/mol. The number of carbonyl (C=O) groups excluding carboxylic acids is 2. The highest BCUT2D eigenvalue weighted by atomic mass is 19.4. The van der Waals surface area contributed by atoms with E-state index in [0.29, 0.717) is 54.5 Å². The molecule has 1 amide bonds. The van der Waals surface area contributed by atoms with Crippen molar-refractivity contribution in [2.75, 3.05) is 39.3 Å². The van der Waals surface area contributed by atoms with Gasteiger partial charge in [-0.1, -0.05) is 12.6 Å². The summed E-state index contributed by atoms with van der Waals surface area (Å²) in [7, 11) is 4.30. The molecule has 0 bridgehead atoms. The number of aromatic nitrogens is 2. The van der Waals surface area contributed by atoms with Crippen LogP contribution in [0, 0.1) is 0 Å². The number of esters is 1. The number of anilines is 1. The molecule has 2 saturated heterocycles. The smallest absolute Gasteiger partial charge is 0.416 e. The molecule has 2 aliphatic heterocycles. The lowest BCUT2D eigenvalue weighted by atomic mass is 9.98. The second-order valence-corrected chi connectivity index (χ2v) is 11.1. The van der Waals surface area contributed by atoms with Gasteiger partial charge in [-0.05, 0) is 47.9 Å². The fourth-order valence-corrected chi connectivity index (χ4v) is 5.32. The molecule has 1 atom stereocenters. The minimum absolute atomic E-state index is 0.00783. The molecule has 2 fully saturated rings. The number of nitrogens with zero attached hydrogens (tertiary/aromatic N) is 4. The Morgan fingerprint density at radius 2 is 1.67 bits per heavy atom. The number of aryl methyl sites for hydroxylation is 1. The van der Waals surface area contributed by atoms with Crippen molar-refractivity contribution >= 4 is 18.0 Å². The number of cyclic esters (lactones) is 1. The van der Waals surface area contributed by atoms with Gasteiger partial charge >= 0.3 is 24.4 Å². The van der Waals surface area contributed by atoms with Gasteiger partial charge in [0, 0.05) is 43.9 Å². The summed E-state index contributed by atoms with van der Waals surface area (Å²) in [5, 5.41) is 0. The molecule has 48 heavy (non-hydrogen) atoms. The van der Waals surface area contributed by atoms with Gasteiger partial charge in [0.05, 0.1) is 49.4 Å². The molecule has 10 nitrogen and oxygen atoms in total. The Hall–Kier alpha value is -4.86. The Kier molecular flexibility index (Phi) is 9.58. The maximum absolute atomic E-state index is 13.6. The van der Waals surface area contributed by atoms with Crippen molar-refractivity contribution in [3.8, 4) is 16.9 Å². The highest BCUT2D eigenvalue weighted by molar-refractivity contribution is 5.77. The van der Waals surface area contributed by atoms with Crippen molar-refractivity contribution in [3.05, 3.63) is 82.8 Å². The van der Waals surface area contributed by atoms with Crippen LogP contribution in [0.1, 0.15) is 40.5 Å². The number of halogens is 6. The van der Waals surface area contributed by atoms with E-state index < -0.39 is 47.2 Å². The molecule has 5 rings (SSSR count). The molecule has 0 radical (unpaired) electrons. The van der Waals surface area contributed by atoms with E-state index in [-0.39, 0.29) is 36.5 Å². The third-order valence-electron chi connectivity index (χ3n) is 8.03. The lowest BCUT2D eigenvalue weighted by molar-refractivity contribution is -0.143. The Balaban J connectivity index is 1.53. The monoisotopic (exact) mass is 680 g/mol. The molecule has 0 unspecified atom stereocenters. The second-order valence-electron chi connectivity index (χ2n) is 11.1. The number of ether oxygens (including phenoxy) is 4. The van der Waals surface area contributed by atoms with Gasteiger partial charge in [-0.2, -0.15) is 26.3 Å². The van der Waals surface area contributed by atoms with Gasteiger partial charge in [-0.25, -0.2) is 14.8 Å². The Labute approximate surface area is 270 Å². The van der Waals surface area contributed by atoms with E-state index in [9.17, 15) is 35.9 Å². The highest BCUT2D eigenvalue weighted by Crippen LogP contribution is 2.43. The number of rotatable bonds is 10. The van der Waals surface area contributed by atoms with Crippen LogP contribution >= 0.6 is 0 Å². The highest BCUT2D eigenvalue weighted by Gasteiger charge is 2.42. The molecule has 2 aliphatic rings. The maximum atomic E-state index is 13.6. The van der Waals surface area contributed by atoms with E-state index in [2.05, 4.69) is 11.6 Å². The van der Waals surface area contributed by atoms with Crippen molar-refractivity contribution in [3.63, 3.8) is 0 Å². The number of alkyl halides is 6. The fourth-order valence-electron chi connectivity index (χ4n) is 5.32. The zero-order valence-corrected chi connectivity index (χ0v) is 25.9. The molecule has 0 N–H and O–H groups in total. The van der Waals surface area contributed by atoms with Gasteiger partial charge in [0.15, 0.2) is 6.10 Å². The van der Waals surface area contributed by atoms with E-state index in [1.54, 1.807) is 25.3 Å². The molecule has 2 aromatic carbocycles. The van der Waals surface area contributed by atoms with E-state index >= 15 is 0 Å². The standard InChI is InChI=1S/C32H30F6N4O6/c1-17-28(19-10-20(31(33,34)35)12-21(11-19)32(36,37)38)48-30(44)42(17)16-25-24(13-39-29(40-25)41-14-22(15-41)45-2)23-9-18(5-7-26(23)46-3)6-8-27(43)47-4/h5,7,9-13,22,28H,1,6,8,14-16H2,2-4H3/t28-/m0/s1. The van der Waals surface area contributed by atoms with Gasteiger partial charge in [-0.15, -0.1) is 0 Å². The molecule has 0 spiro atoms. The van der Waals surface area contributed by atoms with Crippen molar-refractivity contribution in [2.45, 2.75) is 43.9 Å². The summed E-state index contributed by atoms with van der Waals surface area (Å²) in [6.45, 7) is 4.45. The van der Waals surface area contributed by atoms with Crippen LogP contribution in [0.25, 0.3) is 11.1 Å². The Morgan fingerprint density at radius 3 is 2.25 bits per heavy atom. The van der Waals surface area contributed by atoms with Gasteiger partial charge in [0.1, 0.15) is 5.75 Å². The molecule has 3 heterocycles. The molecule has 0 saturated carbocycles. The number of methoxy groups -OCH3 is 3. The van der Waals surface area contributed by atoms with Crippen LogP contribution in [0.4, 0.5) is 37.1 Å². The lowest BCUT2D eigenvalue weighted by Crippen LogP contribution is -2.52. The van der Waals surface area contributed by atoms with Crippen LogP contribution in [0.2, 0.25) is 0 Å². The predicted molar refractivity (Wildman–Crippen MR) is 158 cm³/mol. The summed E-state index contributed by atoms with van der Waals surface area (Å²) in [5.41, 5.74) is -1.95. The summed E-state index contributed by atoms with van der Waals surface area (Å²) in [6, 6.07) is 6.19. The van der Waals surface area contributed by atoms with Crippen LogP contribution < -0.4 is 9.64 Å². The number of benzene rings is 2. The minimum atomic E-state index is -5.10. The van der Waals surface area contributed by atoms with Crippen molar-refractivity contribution in [1.82, 2.24) is 14.9 Å². The normalized spacial score (nSPS) is 17.0. The number of carbonyl (C=O) groups is 2. The summed E-state index contributed by atoms with van der Waals surface area (Å²) in [5.74, 6) is 0.292. The molecule has 3 aromatic rings. The van der Waals surface area contributed by atoms with E-state index in [1.807, 2.05) is 4.90 Å². The molecule has 16 heteroatoms. The third kappa shape index (κ3) is 7.17. The average Bonchev–Trinajstić information content (AvgIpc) is 3.30. The molecular formula is C32H30F6N4O6. The van der Waals surface area contributed by atoms with Crippen molar-refractivity contribution in [2.24, 2.45) is 0 Å². The second kappa shape index (κ2) is 13.3. The van der Waals surface area contributed by atoms with Gasteiger partial charge in [0.25, 0.3) is 0 Å². The van der Waals surface area contributed by atoms with E-state index in [1.165, 1.54) is 20.4 Å². The fraction of sp³-hybridized carbons (Fsp3) is 0.375. The zero-order chi connectivity index (χ0) is 35.0. The van der Waals surface area contributed by atoms with Crippen LogP contribution in [0.15, 0.2) is 54.9 Å². The molecule has 1 aromatic heterocycles. The summed E-state index contributed by atoms with van der Waals surface area (Å²) >= 11 is 0. The number of hydrogen-bond donors (Lipinski definition) is 0. The first kappa shape index (κ1) is 34.5. The van der Waals surface area contributed by atoms with Gasteiger partial charge in [0.2, 0.25) is 5.95 Å². The Bertz CT molecular complexity index is 1690. The first-order chi connectivity index (χ1) is 22.6. The molecule has 0 aliphatic carbocycles.